The van der Waals surface area contributed by atoms with Gasteiger partial charge in [0.25, 0.3) is 5.69 Å². The first-order valence-electron chi connectivity index (χ1n) is 6.97. The molecule has 0 aliphatic carbocycles. The van der Waals surface area contributed by atoms with Crippen LogP contribution in [0.25, 0.3) is 10.9 Å². The summed E-state index contributed by atoms with van der Waals surface area (Å²) in [4.78, 5) is 25.3. The topological polar surface area (TPSA) is 100 Å². The van der Waals surface area contributed by atoms with Crippen molar-refractivity contribution in [2.75, 3.05) is 5.32 Å². The fourth-order valence-corrected chi connectivity index (χ4v) is 2.27. The third-order valence-corrected chi connectivity index (χ3v) is 3.39. The van der Waals surface area contributed by atoms with Crippen molar-refractivity contribution in [3.63, 3.8) is 0 Å². The summed E-state index contributed by atoms with van der Waals surface area (Å²) in [5.41, 5.74) is 2.33. The molecule has 0 fully saturated rings. The summed E-state index contributed by atoms with van der Waals surface area (Å²) in [7, 11) is 0. The van der Waals surface area contributed by atoms with Gasteiger partial charge in [-0.05, 0) is 29.8 Å². The van der Waals surface area contributed by atoms with Gasteiger partial charge in [-0.25, -0.2) is 4.79 Å². The standard InChI is InChI=1S/C16H14N4O3/c21-16(18-10-11-2-1-3-14(8-11)20(22)23)19-13-4-5-15-12(9-13)6-7-17-15/h1-9,17H,10H2,(H2,18,19,21). The summed E-state index contributed by atoms with van der Waals surface area (Å²) in [6.45, 7) is 0.208. The molecule has 0 aliphatic heterocycles. The maximum absolute atomic E-state index is 11.9. The number of aromatic amines is 1. The SMILES string of the molecule is O=C(NCc1cccc([N+](=O)[O-])c1)Nc1ccc2[nH]ccc2c1. The van der Waals surface area contributed by atoms with Crippen molar-refractivity contribution >= 4 is 28.3 Å². The summed E-state index contributed by atoms with van der Waals surface area (Å²) in [5.74, 6) is 0. The molecule has 7 nitrogen and oxygen atoms in total. The van der Waals surface area contributed by atoms with Gasteiger partial charge in [-0.15, -0.1) is 0 Å². The van der Waals surface area contributed by atoms with Crippen molar-refractivity contribution in [2.45, 2.75) is 6.54 Å². The molecule has 3 rings (SSSR count). The van der Waals surface area contributed by atoms with Crippen LogP contribution in [0.5, 0.6) is 0 Å². The molecule has 3 aromatic rings. The van der Waals surface area contributed by atoms with E-state index in [9.17, 15) is 14.9 Å². The van der Waals surface area contributed by atoms with Gasteiger partial charge >= 0.3 is 6.03 Å². The number of hydrogen-bond donors (Lipinski definition) is 3. The monoisotopic (exact) mass is 310 g/mol. The van der Waals surface area contributed by atoms with E-state index in [0.29, 0.717) is 11.3 Å². The minimum absolute atomic E-state index is 0.00242. The number of fused-ring (bicyclic) bond motifs is 1. The molecule has 0 unspecified atom stereocenters. The molecule has 2 amide bonds. The van der Waals surface area contributed by atoms with E-state index in [4.69, 9.17) is 0 Å². The highest BCUT2D eigenvalue weighted by atomic mass is 16.6. The Kier molecular flexibility index (Phi) is 3.92. The summed E-state index contributed by atoms with van der Waals surface area (Å²) in [5, 5.41) is 17.1. The quantitative estimate of drug-likeness (QED) is 0.508. The van der Waals surface area contributed by atoms with Crippen molar-refractivity contribution in [1.29, 1.82) is 0 Å². The molecule has 0 atom stereocenters. The Morgan fingerprint density at radius 2 is 2.04 bits per heavy atom. The zero-order chi connectivity index (χ0) is 16.2. The molecule has 3 N–H and O–H groups in total. The lowest BCUT2D eigenvalue weighted by Gasteiger charge is -2.08. The molecule has 0 bridgehead atoms. The predicted octanol–water partition coefficient (Wildman–Crippen LogP) is 3.40. The van der Waals surface area contributed by atoms with Gasteiger partial charge in [0.05, 0.1) is 4.92 Å². The lowest BCUT2D eigenvalue weighted by Crippen LogP contribution is -2.28. The number of amides is 2. The van der Waals surface area contributed by atoms with Crippen LogP contribution in [-0.2, 0) is 6.54 Å². The highest BCUT2D eigenvalue weighted by molar-refractivity contribution is 5.92. The van der Waals surface area contributed by atoms with Crippen molar-refractivity contribution in [3.8, 4) is 0 Å². The zero-order valence-electron chi connectivity index (χ0n) is 12.1. The molecule has 7 heteroatoms. The van der Waals surface area contributed by atoms with E-state index in [1.807, 2.05) is 24.4 Å². The van der Waals surface area contributed by atoms with Crippen LogP contribution >= 0.6 is 0 Å². The molecule has 23 heavy (non-hydrogen) atoms. The number of non-ortho nitro benzene ring substituents is 1. The van der Waals surface area contributed by atoms with E-state index in [-0.39, 0.29) is 18.3 Å². The molecule has 0 saturated heterocycles. The van der Waals surface area contributed by atoms with Crippen LogP contribution in [0.15, 0.2) is 54.7 Å². The number of aromatic nitrogens is 1. The Balaban J connectivity index is 1.61. The van der Waals surface area contributed by atoms with Crippen LogP contribution in [0.3, 0.4) is 0 Å². The van der Waals surface area contributed by atoms with Crippen molar-refractivity contribution in [1.82, 2.24) is 10.3 Å². The molecule has 0 aliphatic rings. The predicted molar refractivity (Wildman–Crippen MR) is 87.3 cm³/mol. The minimum atomic E-state index is -0.463. The second-order valence-corrected chi connectivity index (χ2v) is 5.01. The Morgan fingerprint density at radius 1 is 1.17 bits per heavy atom. The van der Waals surface area contributed by atoms with Crippen molar-refractivity contribution in [3.05, 3.63) is 70.4 Å². The number of carbonyl (C=O) groups is 1. The average Bonchev–Trinajstić information content (AvgIpc) is 3.01. The Bertz CT molecular complexity index is 872. The number of H-pyrrole nitrogens is 1. The average molecular weight is 310 g/mol. The summed E-state index contributed by atoms with van der Waals surface area (Å²) in [6, 6.07) is 13.2. The van der Waals surface area contributed by atoms with Crippen LogP contribution < -0.4 is 10.6 Å². The molecule has 116 valence electrons. The Hall–Kier alpha value is -3.35. The van der Waals surface area contributed by atoms with E-state index in [1.54, 1.807) is 18.2 Å². The van der Waals surface area contributed by atoms with E-state index in [0.717, 1.165) is 10.9 Å². The lowest BCUT2D eigenvalue weighted by molar-refractivity contribution is -0.384. The second kappa shape index (κ2) is 6.18. The van der Waals surface area contributed by atoms with Gasteiger partial charge in [0.1, 0.15) is 0 Å². The van der Waals surface area contributed by atoms with Gasteiger partial charge < -0.3 is 15.6 Å². The Morgan fingerprint density at radius 3 is 2.87 bits per heavy atom. The minimum Gasteiger partial charge on any atom is -0.361 e. The van der Waals surface area contributed by atoms with Gasteiger partial charge in [-0.3, -0.25) is 10.1 Å². The number of nitro groups is 1. The molecule has 0 spiro atoms. The fraction of sp³-hybridized carbons (Fsp3) is 0.0625. The number of nitrogens with one attached hydrogen (secondary N) is 3. The van der Waals surface area contributed by atoms with E-state index < -0.39 is 4.92 Å². The number of benzene rings is 2. The molecule has 0 saturated carbocycles. The first-order valence-corrected chi connectivity index (χ1v) is 6.97. The molecule has 1 heterocycles. The van der Waals surface area contributed by atoms with Crippen LogP contribution in [0.1, 0.15) is 5.56 Å². The normalized spacial score (nSPS) is 10.4. The third-order valence-electron chi connectivity index (χ3n) is 3.39. The number of nitro benzene ring substituents is 1. The van der Waals surface area contributed by atoms with E-state index in [1.165, 1.54) is 12.1 Å². The maximum Gasteiger partial charge on any atom is 0.319 e. The highest BCUT2D eigenvalue weighted by Gasteiger charge is 2.07. The summed E-state index contributed by atoms with van der Waals surface area (Å²) < 4.78 is 0. The zero-order valence-corrected chi connectivity index (χ0v) is 12.1. The van der Waals surface area contributed by atoms with E-state index in [2.05, 4.69) is 15.6 Å². The highest BCUT2D eigenvalue weighted by Crippen LogP contribution is 2.17. The van der Waals surface area contributed by atoms with Gasteiger partial charge in [-0.1, -0.05) is 12.1 Å². The number of nitrogens with zero attached hydrogens (tertiary/aromatic N) is 1. The number of anilines is 1. The third kappa shape index (κ3) is 3.46. The van der Waals surface area contributed by atoms with Crippen LogP contribution in [0.2, 0.25) is 0 Å². The molecule has 1 aromatic heterocycles. The van der Waals surface area contributed by atoms with Crippen molar-refractivity contribution in [2.24, 2.45) is 0 Å². The summed E-state index contributed by atoms with van der Waals surface area (Å²) in [6.07, 6.45) is 1.83. The lowest BCUT2D eigenvalue weighted by atomic mass is 10.2. The van der Waals surface area contributed by atoms with Crippen molar-refractivity contribution < 1.29 is 9.72 Å². The first kappa shape index (κ1) is 14.6. The number of urea groups is 1. The molecule has 2 aromatic carbocycles. The van der Waals surface area contributed by atoms with Crippen LogP contribution in [0.4, 0.5) is 16.2 Å². The Labute approximate surface area is 131 Å². The van der Waals surface area contributed by atoms with E-state index >= 15 is 0 Å². The van der Waals surface area contributed by atoms with Gasteiger partial charge in [-0.2, -0.15) is 0 Å². The largest absolute Gasteiger partial charge is 0.361 e. The van der Waals surface area contributed by atoms with Gasteiger partial charge in [0.2, 0.25) is 0 Å². The maximum atomic E-state index is 11.9. The molecular formula is C16H14N4O3. The summed E-state index contributed by atoms with van der Waals surface area (Å²) >= 11 is 0. The smallest absolute Gasteiger partial charge is 0.319 e. The first-order chi connectivity index (χ1) is 11.1. The number of rotatable bonds is 4. The molecule has 0 radical (unpaired) electrons. The number of carbonyl (C=O) groups excluding carboxylic acids is 1. The van der Waals surface area contributed by atoms with Crippen LogP contribution in [-0.4, -0.2) is 15.9 Å². The second-order valence-electron chi connectivity index (χ2n) is 5.01. The van der Waals surface area contributed by atoms with Gasteiger partial charge in [0, 0.05) is 41.5 Å². The number of hydrogen-bond acceptors (Lipinski definition) is 3. The van der Waals surface area contributed by atoms with Crippen LogP contribution in [0, 0.1) is 10.1 Å². The fourth-order valence-electron chi connectivity index (χ4n) is 2.27. The van der Waals surface area contributed by atoms with Gasteiger partial charge in [0.15, 0.2) is 0 Å². The molecular weight excluding hydrogens is 296 g/mol.